The maximum Gasteiger partial charge on any atom is 0.129 e. The van der Waals surface area contributed by atoms with E-state index in [2.05, 4.69) is 5.32 Å². The normalized spacial score (nSPS) is 14.5. The van der Waals surface area contributed by atoms with Crippen molar-refractivity contribution in [2.75, 3.05) is 13.2 Å². The fraction of sp³-hybridized carbons (Fsp3) is 0.538. The molecule has 18 heavy (non-hydrogen) atoms. The van der Waals surface area contributed by atoms with Crippen LogP contribution in [0, 0.1) is 5.82 Å². The topological polar surface area (TPSA) is 58.3 Å². The second-order valence-electron chi connectivity index (χ2n) is 4.21. The van der Waals surface area contributed by atoms with Gasteiger partial charge in [0, 0.05) is 35.8 Å². The van der Waals surface area contributed by atoms with Crippen LogP contribution in [0.5, 0.6) is 0 Å². The molecule has 0 heterocycles. The summed E-state index contributed by atoms with van der Waals surface area (Å²) in [6.45, 7) is 2.35. The van der Waals surface area contributed by atoms with Gasteiger partial charge in [0.05, 0.1) is 0 Å². The molecule has 1 aromatic rings. The fourth-order valence-electron chi connectivity index (χ4n) is 1.96. The van der Waals surface area contributed by atoms with E-state index in [4.69, 9.17) is 22.4 Å². The maximum atomic E-state index is 13.8. The molecule has 2 unspecified atom stereocenters. The molecule has 0 saturated heterocycles. The minimum atomic E-state index is -0.357. The Kier molecular flexibility index (Phi) is 6.57. The fourth-order valence-corrected chi connectivity index (χ4v) is 2.25. The number of nitrogens with one attached hydrogen (secondary N) is 1. The summed E-state index contributed by atoms with van der Waals surface area (Å²) in [6.07, 6.45) is 1.45. The largest absolute Gasteiger partial charge is 0.396 e. The van der Waals surface area contributed by atoms with Gasteiger partial charge in [0.1, 0.15) is 5.82 Å². The zero-order chi connectivity index (χ0) is 13.5. The standard InChI is InChI=1S/C13H20ClFN2O/c1-2-9(6-7-18)17-12(8-16)13-10(14)4-3-5-11(13)15/h3-5,9,12,17-18H,2,6-8,16H2,1H3. The van der Waals surface area contributed by atoms with Gasteiger partial charge >= 0.3 is 0 Å². The van der Waals surface area contributed by atoms with Crippen molar-refractivity contribution in [3.8, 4) is 0 Å². The number of rotatable bonds is 7. The van der Waals surface area contributed by atoms with Gasteiger partial charge in [0.15, 0.2) is 0 Å². The highest BCUT2D eigenvalue weighted by molar-refractivity contribution is 6.31. The SMILES string of the molecule is CCC(CCO)NC(CN)c1c(F)cccc1Cl. The Morgan fingerprint density at radius 1 is 1.50 bits per heavy atom. The molecule has 0 fully saturated rings. The third-order valence-electron chi connectivity index (χ3n) is 2.99. The van der Waals surface area contributed by atoms with Gasteiger partial charge in [-0.25, -0.2) is 4.39 Å². The first-order chi connectivity index (χ1) is 8.63. The molecule has 2 atom stereocenters. The van der Waals surface area contributed by atoms with Crippen molar-refractivity contribution < 1.29 is 9.50 Å². The molecule has 0 bridgehead atoms. The lowest BCUT2D eigenvalue weighted by Crippen LogP contribution is -2.37. The van der Waals surface area contributed by atoms with E-state index in [0.29, 0.717) is 17.0 Å². The van der Waals surface area contributed by atoms with Gasteiger partial charge < -0.3 is 16.2 Å². The Labute approximate surface area is 112 Å². The van der Waals surface area contributed by atoms with Crippen LogP contribution in [0.15, 0.2) is 18.2 Å². The van der Waals surface area contributed by atoms with Crippen molar-refractivity contribution in [1.82, 2.24) is 5.32 Å². The monoisotopic (exact) mass is 274 g/mol. The molecule has 0 aliphatic carbocycles. The minimum Gasteiger partial charge on any atom is -0.396 e. The Morgan fingerprint density at radius 2 is 2.22 bits per heavy atom. The molecule has 5 heteroatoms. The van der Waals surface area contributed by atoms with Gasteiger partial charge in [-0.1, -0.05) is 24.6 Å². The Balaban J connectivity index is 2.88. The Hall–Kier alpha value is -0.680. The molecular weight excluding hydrogens is 255 g/mol. The zero-order valence-electron chi connectivity index (χ0n) is 10.5. The summed E-state index contributed by atoms with van der Waals surface area (Å²) in [6, 6.07) is 4.35. The summed E-state index contributed by atoms with van der Waals surface area (Å²) in [5.74, 6) is -0.357. The summed E-state index contributed by atoms with van der Waals surface area (Å²) in [7, 11) is 0. The van der Waals surface area contributed by atoms with Crippen LogP contribution in [0.3, 0.4) is 0 Å². The lowest BCUT2D eigenvalue weighted by Gasteiger charge is -2.25. The van der Waals surface area contributed by atoms with Crippen molar-refractivity contribution in [2.45, 2.75) is 31.8 Å². The molecule has 0 aromatic heterocycles. The molecule has 1 aromatic carbocycles. The van der Waals surface area contributed by atoms with E-state index in [1.807, 2.05) is 6.92 Å². The first kappa shape index (κ1) is 15.4. The molecule has 4 N–H and O–H groups in total. The van der Waals surface area contributed by atoms with Crippen molar-refractivity contribution in [3.05, 3.63) is 34.6 Å². The highest BCUT2D eigenvalue weighted by Crippen LogP contribution is 2.26. The number of hydrogen-bond donors (Lipinski definition) is 3. The molecule has 0 amide bonds. The summed E-state index contributed by atoms with van der Waals surface area (Å²) in [5, 5.41) is 12.6. The van der Waals surface area contributed by atoms with E-state index < -0.39 is 0 Å². The number of halogens is 2. The van der Waals surface area contributed by atoms with E-state index in [1.54, 1.807) is 12.1 Å². The second-order valence-corrected chi connectivity index (χ2v) is 4.61. The van der Waals surface area contributed by atoms with Crippen LogP contribution in [-0.2, 0) is 0 Å². The highest BCUT2D eigenvalue weighted by atomic mass is 35.5. The number of benzene rings is 1. The predicted octanol–water partition coefficient (Wildman–Crippen LogP) is 2.23. The molecule has 0 saturated carbocycles. The third kappa shape index (κ3) is 3.92. The number of hydrogen-bond acceptors (Lipinski definition) is 3. The molecule has 0 aliphatic heterocycles. The maximum absolute atomic E-state index is 13.8. The van der Waals surface area contributed by atoms with Crippen LogP contribution in [0.2, 0.25) is 5.02 Å². The van der Waals surface area contributed by atoms with E-state index >= 15 is 0 Å². The van der Waals surface area contributed by atoms with Crippen LogP contribution in [0.4, 0.5) is 4.39 Å². The first-order valence-electron chi connectivity index (χ1n) is 6.14. The van der Waals surface area contributed by atoms with Crippen LogP contribution >= 0.6 is 11.6 Å². The van der Waals surface area contributed by atoms with Crippen LogP contribution in [-0.4, -0.2) is 24.3 Å². The molecule has 102 valence electrons. The van der Waals surface area contributed by atoms with Crippen LogP contribution < -0.4 is 11.1 Å². The number of aliphatic hydroxyl groups is 1. The van der Waals surface area contributed by atoms with E-state index in [-0.39, 0.29) is 31.1 Å². The molecule has 1 rings (SSSR count). The van der Waals surface area contributed by atoms with Crippen LogP contribution in [0.1, 0.15) is 31.4 Å². The van der Waals surface area contributed by atoms with Gasteiger partial charge in [-0.05, 0) is 25.0 Å². The summed E-state index contributed by atoms with van der Waals surface area (Å²) >= 11 is 6.02. The molecular formula is C13H20ClFN2O. The third-order valence-corrected chi connectivity index (χ3v) is 3.32. The molecule has 3 nitrogen and oxygen atoms in total. The number of aliphatic hydroxyl groups excluding tert-OH is 1. The van der Waals surface area contributed by atoms with Crippen molar-refractivity contribution in [2.24, 2.45) is 5.73 Å². The van der Waals surface area contributed by atoms with E-state index in [1.165, 1.54) is 6.07 Å². The van der Waals surface area contributed by atoms with E-state index in [0.717, 1.165) is 6.42 Å². The molecule has 0 spiro atoms. The molecule has 0 radical (unpaired) electrons. The average molecular weight is 275 g/mol. The minimum absolute atomic E-state index is 0.0911. The lowest BCUT2D eigenvalue weighted by molar-refractivity contribution is 0.255. The average Bonchev–Trinajstić information content (AvgIpc) is 2.36. The number of nitrogens with two attached hydrogens (primary N) is 1. The first-order valence-corrected chi connectivity index (χ1v) is 6.52. The Morgan fingerprint density at radius 3 is 2.72 bits per heavy atom. The second kappa shape index (κ2) is 7.69. The predicted molar refractivity (Wildman–Crippen MR) is 72.1 cm³/mol. The zero-order valence-corrected chi connectivity index (χ0v) is 11.3. The van der Waals surface area contributed by atoms with Crippen LogP contribution in [0.25, 0.3) is 0 Å². The summed E-state index contributed by atoms with van der Waals surface area (Å²) in [5.41, 5.74) is 6.09. The molecule has 0 aliphatic rings. The summed E-state index contributed by atoms with van der Waals surface area (Å²) in [4.78, 5) is 0. The van der Waals surface area contributed by atoms with Gasteiger partial charge in [0.2, 0.25) is 0 Å². The Bertz CT molecular complexity index is 356. The lowest BCUT2D eigenvalue weighted by atomic mass is 10.0. The smallest absolute Gasteiger partial charge is 0.129 e. The van der Waals surface area contributed by atoms with Crippen molar-refractivity contribution >= 4 is 11.6 Å². The quantitative estimate of drug-likeness (QED) is 0.715. The van der Waals surface area contributed by atoms with Gasteiger partial charge in [0.25, 0.3) is 0 Å². The van der Waals surface area contributed by atoms with Gasteiger partial charge in [-0.15, -0.1) is 0 Å². The highest BCUT2D eigenvalue weighted by Gasteiger charge is 2.20. The van der Waals surface area contributed by atoms with Crippen molar-refractivity contribution in [1.29, 1.82) is 0 Å². The van der Waals surface area contributed by atoms with E-state index in [9.17, 15) is 4.39 Å². The van der Waals surface area contributed by atoms with Gasteiger partial charge in [-0.3, -0.25) is 0 Å². The summed E-state index contributed by atoms with van der Waals surface area (Å²) < 4.78 is 13.8. The van der Waals surface area contributed by atoms with Gasteiger partial charge in [-0.2, -0.15) is 0 Å². The van der Waals surface area contributed by atoms with Crippen molar-refractivity contribution in [3.63, 3.8) is 0 Å².